The van der Waals surface area contributed by atoms with E-state index in [2.05, 4.69) is 5.32 Å². The van der Waals surface area contributed by atoms with Gasteiger partial charge in [-0.3, -0.25) is 9.69 Å². The molecular weight excluding hydrogens is 317 g/mol. The Balaban J connectivity index is 0.000000322. The van der Waals surface area contributed by atoms with Crippen molar-refractivity contribution in [1.82, 2.24) is 10.2 Å². The average molecular weight is 334 g/mol. The van der Waals surface area contributed by atoms with Crippen molar-refractivity contribution < 1.29 is 33.0 Å². The number of benzene rings is 1. The topological polar surface area (TPSA) is 89.9 Å². The molecule has 0 bridgehead atoms. The molecule has 1 aromatic rings. The molecule has 128 valence electrons. The van der Waals surface area contributed by atoms with E-state index in [0.717, 1.165) is 18.7 Å². The summed E-state index contributed by atoms with van der Waals surface area (Å²) < 4.78 is 31.7. The predicted octanol–water partition coefficient (Wildman–Crippen LogP) is 1.18. The molecule has 9 heteroatoms. The van der Waals surface area contributed by atoms with Gasteiger partial charge in [0.05, 0.1) is 0 Å². The highest BCUT2D eigenvalue weighted by atomic mass is 19.4. The lowest BCUT2D eigenvalue weighted by atomic mass is 10.1. The number of nitrogens with zero attached hydrogens (tertiary/aromatic N) is 1. The molecule has 3 N–H and O–H groups in total. The first-order valence-corrected chi connectivity index (χ1v) is 6.73. The summed E-state index contributed by atoms with van der Waals surface area (Å²) >= 11 is 0. The molecule has 1 atom stereocenters. The van der Waals surface area contributed by atoms with Gasteiger partial charge in [0.25, 0.3) is 0 Å². The van der Waals surface area contributed by atoms with Crippen molar-refractivity contribution in [3.63, 3.8) is 0 Å². The number of piperazine rings is 1. The number of carboxylic acids is 2. The van der Waals surface area contributed by atoms with E-state index in [0.29, 0.717) is 13.1 Å². The zero-order valence-electron chi connectivity index (χ0n) is 12.1. The van der Waals surface area contributed by atoms with Crippen molar-refractivity contribution >= 4 is 11.9 Å². The first-order chi connectivity index (χ1) is 10.7. The van der Waals surface area contributed by atoms with Crippen LogP contribution in [0, 0.1) is 0 Å². The molecule has 1 fully saturated rings. The quantitative estimate of drug-likeness (QED) is 0.769. The van der Waals surface area contributed by atoms with Crippen LogP contribution in [0.2, 0.25) is 0 Å². The molecule has 1 saturated heterocycles. The highest BCUT2D eigenvalue weighted by molar-refractivity contribution is 5.74. The number of hydrogen-bond acceptors (Lipinski definition) is 4. The zero-order chi connectivity index (χ0) is 17.5. The maximum Gasteiger partial charge on any atom is 0.490 e. The van der Waals surface area contributed by atoms with Crippen LogP contribution in [-0.4, -0.2) is 58.9 Å². The van der Waals surface area contributed by atoms with Gasteiger partial charge < -0.3 is 15.5 Å². The number of nitrogens with one attached hydrogen (secondary N) is 1. The Kier molecular flexibility index (Phi) is 6.98. The number of alkyl halides is 3. The fourth-order valence-corrected chi connectivity index (χ4v) is 2.00. The third-order valence-electron chi connectivity index (χ3n) is 3.11. The molecule has 0 aliphatic carbocycles. The summed E-state index contributed by atoms with van der Waals surface area (Å²) in [6, 6.07) is 9.58. The summed E-state index contributed by atoms with van der Waals surface area (Å²) in [5.74, 6) is -3.50. The van der Waals surface area contributed by atoms with Crippen LogP contribution in [0.15, 0.2) is 30.3 Å². The molecule has 23 heavy (non-hydrogen) atoms. The molecule has 1 aliphatic rings. The molecule has 0 spiro atoms. The van der Waals surface area contributed by atoms with Gasteiger partial charge in [-0.2, -0.15) is 13.2 Å². The largest absolute Gasteiger partial charge is 0.490 e. The van der Waals surface area contributed by atoms with Crippen LogP contribution < -0.4 is 5.32 Å². The zero-order valence-corrected chi connectivity index (χ0v) is 12.1. The molecule has 0 aromatic heterocycles. The standard InChI is InChI=1S/C12H16N2O2.C2HF3O2/c15-12(16)11-8-13-6-7-14(11)9-10-4-2-1-3-5-10;3-2(4,5)1(6)7/h1-5,11,13H,6-9H2,(H,15,16);(H,6,7). The second-order valence-electron chi connectivity index (χ2n) is 4.82. The van der Waals surface area contributed by atoms with Crippen LogP contribution in [0.1, 0.15) is 5.56 Å². The van der Waals surface area contributed by atoms with Crippen molar-refractivity contribution in [2.24, 2.45) is 0 Å². The fourth-order valence-electron chi connectivity index (χ4n) is 2.00. The van der Waals surface area contributed by atoms with Crippen LogP contribution in [0.5, 0.6) is 0 Å². The monoisotopic (exact) mass is 334 g/mol. The minimum absolute atomic E-state index is 0.408. The summed E-state index contributed by atoms with van der Waals surface area (Å²) in [4.78, 5) is 22.0. The number of rotatable bonds is 3. The summed E-state index contributed by atoms with van der Waals surface area (Å²) in [7, 11) is 0. The van der Waals surface area contributed by atoms with Gasteiger partial charge >= 0.3 is 18.1 Å². The molecule has 0 saturated carbocycles. The number of halogens is 3. The van der Waals surface area contributed by atoms with Gasteiger partial charge in [-0.1, -0.05) is 30.3 Å². The van der Waals surface area contributed by atoms with E-state index in [4.69, 9.17) is 15.0 Å². The Bertz CT molecular complexity index is 523. The van der Waals surface area contributed by atoms with E-state index in [9.17, 15) is 18.0 Å². The van der Waals surface area contributed by atoms with Crippen LogP contribution in [0.25, 0.3) is 0 Å². The summed E-state index contributed by atoms with van der Waals surface area (Å²) in [5.41, 5.74) is 1.16. The Labute approximate surface area is 130 Å². The average Bonchev–Trinajstić information content (AvgIpc) is 2.48. The molecule has 1 aliphatic heterocycles. The normalized spacial score (nSPS) is 18.7. The molecule has 6 nitrogen and oxygen atoms in total. The van der Waals surface area contributed by atoms with E-state index in [1.807, 2.05) is 35.2 Å². The van der Waals surface area contributed by atoms with Gasteiger partial charge in [0.15, 0.2) is 0 Å². The Morgan fingerprint density at radius 3 is 2.26 bits per heavy atom. The van der Waals surface area contributed by atoms with E-state index < -0.39 is 24.2 Å². The predicted molar refractivity (Wildman–Crippen MR) is 74.8 cm³/mol. The highest BCUT2D eigenvalue weighted by Gasteiger charge is 2.38. The van der Waals surface area contributed by atoms with E-state index in [-0.39, 0.29) is 0 Å². The van der Waals surface area contributed by atoms with Crippen LogP contribution in [0.3, 0.4) is 0 Å². The number of hydrogen-bond donors (Lipinski definition) is 3. The maximum absolute atomic E-state index is 11.1. The molecule has 0 amide bonds. The lowest BCUT2D eigenvalue weighted by molar-refractivity contribution is -0.192. The number of carboxylic acid groups (broad SMARTS) is 2. The van der Waals surface area contributed by atoms with Gasteiger partial charge in [-0.15, -0.1) is 0 Å². The number of aliphatic carboxylic acids is 2. The summed E-state index contributed by atoms with van der Waals surface area (Å²) in [6.07, 6.45) is -5.08. The Morgan fingerprint density at radius 1 is 1.22 bits per heavy atom. The third kappa shape index (κ3) is 6.66. The Morgan fingerprint density at radius 2 is 1.78 bits per heavy atom. The highest BCUT2D eigenvalue weighted by Crippen LogP contribution is 2.13. The van der Waals surface area contributed by atoms with Crippen molar-refractivity contribution in [1.29, 1.82) is 0 Å². The molecule has 1 aromatic carbocycles. The van der Waals surface area contributed by atoms with E-state index in [1.165, 1.54) is 0 Å². The van der Waals surface area contributed by atoms with E-state index >= 15 is 0 Å². The SMILES string of the molecule is O=C(O)C(F)(F)F.O=C(O)C1CNCCN1Cc1ccccc1. The molecular formula is C14H17F3N2O4. The van der Waals surface area contributed by atoms with Crippen LogP contribution in [0.4, 0.5) is 13.2 Å². The third-order valence-corrected chi connectivity index (χ3v) is 3.11. The number of carbonyl (C=O) groups is 2. The van der Waals surface area contributed by atoms with Crippen molar-refractivity contribution in [2.75, 3.05) is 19.6 Å². The van der Waals surface area contributed by atoms with Crippen molar-refractivity contribution in [3.8, 4) is 0 Å². The minimum atomic E-state index is -5.08. The maximum atomic E-state index is 11.1. The van der Waals surface area contributed by atoms with Crippen molar-refractivity contribution in [2.45, 2.75) is 18.8 Å². The van der Waals surface area contributed by atoms with Gasteiger partial charge in [0, 0.05) is 26.2 Å². The minimum Gasteiger partial charge on any atom is -0.480 e. The summed E-state index contributed by atoms with van der Waals surface area (Å²) in [6.45, 7) is 2.88. The lowest BCUT2D eigenvalue weighted by Crippen LogP contribution is -2.54. The van der Waals surface area contributed by atoms with Gasteiger partial charge in [-0.25, -0.2) is 4.79 Å². The van der Waals surface area contributed by atoms with Gasteiger partial charge in [0.2, 0.25) is 0 Å². The summed E-state index contributed by atoms with van der Waals surface area (Å²) in [5, 5.41) is 19.3. The smallest absolute Gasteiger partial charge is 0.480 e. The van der Waals surface area contributed by atoms with Gasteiger partial charge in [0.1, 0.15) is 6.04 Å². The molecule has 1 unspecified atom stereocenters. The molecule has 2 rings (SSSR count). The molecule has 1 heterocycles. The lowest BCUT2D eigenvalue weighted by Gasteiger charge is -2.33. The van der Waals surface area contributed by atoms with E-state index in [1.54, 1.807) is 0 Å². The van der Waals surface area contributed by atoms with Crippen LogP contribution in [-0.2, 0) is 16.1 Å². The molecule has 0 radical (unpaired) electrons. The van der Waals surface area contributed by atoms with Crippen molar-refractivity contribution in [3.05, 3.63) is 35.9 Å². The first kappa shape index (κ1) is 18.9. The first-order valence-electron chi connectivity index (χ1n) is 6.73. The second-order valence-corrected chi connectivity index (χ2v) is 4.82. The van der Waals surface area contributed by atoms with Crippen LogP contribution >= 0.6 is 0 Å². The second kappa shape index (κ2) is 8.49. The Hall–Kier alpha value is -2.13. The fraction of sp³-hybridized carbons (Fsp3) is 0.429. The van der Waals surface area contributed by atoms with Gasteiger partial charge in [-0.05, 0) is 5.56 Å².